The van der Waals surface area contributed by atoms with Gasteiger partial charge in [0, 0.05) is 6.54 Å². The minimum absolute atomic E-state index is 0.314. The highest BCUT2D eigenvalue weighted by Gasteiger charge is 2.12. The van der Waals surface area contributed by atoms with Crippen LogP contribution in [0.1, 0.15) is 23.6 Å². The molecule has 1 N–H and O–H groups in total. The average molecular weight is 303 g/mol. The van der Waals surface area contributed by atoms with Gasteiger partial charge in [-0.1, -0.05) is 48.9 Å². The molecule has 0 amide bonds. The van der Waals surface area contributed by atoms with E-state index in [1.165, 1.54) is 5.56 Å². The third-order valence-corrected chi connectivity index (χ3v) is 4.95. The molecule has 0 bridgehead atoms. The Labute approximate surface area is 127 Å². The highest BCUT2D eigenvalue weighted by Crippen LogP contribution is 2.10. The van der Waals surface area contributed by atoms with Crippen LogP contribution in [0.25, 0.3) is 0 Å². The van der Waals surface area contributed by atoms with E-state index >= 15 is 0 Å². The van der Waals surface area contributed by atoms with Crippen molar-refractivity contribution in [1.29, 1.82) is 0 Å². The first kappa shape index (κ1) is 15.7. The lowest BCUT2D eigenvalue weighted by Crippen LogP contribution is -2.25. The maximum absolute atomic E-state index is 12.1. The van der Waals surface area contributed by atoms with Crippen LogP contribution in [0.5, 0.6) is 0 Å². The fourth-order valence-electron chi connectivity index (χ4n) is 2.07. The Morgan fingerprint density at radius 1 is 0.905 bits per heavy atom. The van der Waals surface area contributed by atoms with Gasteiger partial charge in [-0.3, -0.25) is 0 Å². The van der Waals surface area contributed by atoms with Crippen LogP contribution in [0.15, 0.2) is 53.4 Å². The molecule has 0 aromatic heterocycles. The van der Waals surface area contributed by atoms with E-state index < -0.39 is 10.0 Å². The van der Waals surface area contributed by atoms with Gasteiger partial charge >= 0.3 is 0 Å². The van der Waals surface area contributed by atoms with E-state index in [-0.39, 0.29) is 0 Å². The van der Waals surface area contributed by atoms with Gasteiger partial charge in [0.05, 0.1) is 4.90 Å². The maximum atomic E-state index is 12.1. The number of aryl methyl sites for hydroxylation is 2. The summed E-state index contributed by atoms with van der Waals surface area (Å²) in [6.07, 6.45) is 1.70. The second-order valence-corrected chi connectivity index (χ2v) is 6.90. The lowest BCUT2D eigenvalue weighted by atomic mass is 10.1. The van der Waals surface area contributed by atoms with Crippen LogP contribution < -0.4 is 4.72 Å². The van der Waals surface area contributed by atoms with Crippen molar-refractivity contribution in [1.82, 2.24) is 4.72 Å². The molecule has 0 aliphatic heterocycles. The number of sulfonamides is 1. The predicted octanol–water partition coefficient (Wildman–Crippen LogP) is 3.08. The Balaban J connectivity index is 1.93. The van der Waals surface area contributed by atoms with Crippen molar-refractivity contribution in [3.63, 3.8) is 0 Å². The van der Waals surface area contributed by atoms with E-state index in [4.69, 9.17) is 0 Å². The molecule has 112 valence electrons. The highest BCUT2D eigenvalue weighted by molar-refractivity contribution is 7.89. The van der Waals surface area contributed by atoms with Gasteiger partial charge < -0.3 is 0 Å². The zero-order valence-electron chi connectivity index (χ0n) is 12.5. The summed E-state index contributed by atoms with van der Waals surface area (Å²) in [5.41, 5.74) is 3.47. The third-order valence-electron chi connectivity index (χ3n) is 3.47. The van der Waals surface area contributed by atoms with Crippen molar-refractivity contribution in [2.75, 3.05) is 6.54 Å². The van der Waals surface area contributed by atoms with Crippen molar-refractivity contribution < 1.29 is 8.42 Å². The fourth-order valence-corrected chi connectivity index (χ4v) is 3.10. The van der Waals surface area contributed by atoms with E-state index in [2.05, 4.69) is 35.9 Å². The Morgan fingerprint density at radius 2 is 1.48 bits per heavy atom. The molecule has 2 aromatic rings. The maximum Gasteiger partial charge on any atom is 0.240 e. The minimum atomic E-state index is -3.41. The van der Waals surface area contributed by atoms with Gasteiger partial charge in [0.2, 0.25) is 10.0 Å². The molecule has 3 nitrogen and oxygen atoms in total. The van der Waals surface area contributed by atoms with E-state index in [1.807, 2.05) is 6.92 Å². The van der Waals surface area contributed by atoms with Crippen LogP contribution in [-0.4, -0.2) is 15.0 Å². The van der Waals surface area contributed by atoms with E-state index in [1.54, 1.807) is 24.3 Å². The largest absolute Gasteiger partial charge is 0.240 e. The lowest BCUT2D eigenvalue weighted by molar-refractivity contribution is 0.581. The van der Waals surface area contributed by atoms with Crippen molar-refractivity contribution in [3.8, 4) is 0 Å². The molecule has 2 aromatic carbocycles. The summed E-state index contributed by atoms with van der Waals surface area (Å²) in [5.74, 6) is 0. The van der Waals surface area contributed by atoms with Crippen molar-refractivity contribution in [2.45, 2.75) is 31.6 Å². The Bertz CT molecular complexity index is 674. The van der Waals surface area contributed by atoms with Crippen LogP contribution in [0.2, 0.25) is 0 Å². The number of hydrogen-bond donors (Lipinski definition) is 1. The van der Waals surface area contributed by atoms with Crippen molar-refractivity contribution in [2.24, 2.45) is 0 Å². The Hall–Kier alpha value is -1.65. The zero-order chi connectivity index (χ0) is 15.3. The number of benzene rings is 2. The summed E-state index contributed by atoms with van der Waals surface area (Å²) in [5, 5.41) is 0. The van der Waals surface area contributed by atoms with Gasteiger partial charge in [-0.25, -0.2) is 13.1 Å². The van der Waals surface area contributed by atoms with Gasteiger partial charge in [0.15, 0.2) is 0 Å². The molecule has 0 aliphatic rings. The lowest BCUT2D eigenvalue weighted by Gasteiger charge is -2.07. The zero-order valence-corrected chi connectivity index (χ0v) is 13.3. The molecule has 0 atom stereocenters. The van der Waals surface area contributed by atoms with Crippen molar-refractivity contribution >= 4 is 10.0 Å². The summed E-state index contributed by atoms with van der Waals surface area (Å²) in [6.45, 7) is 4.45. The van der Waals surface area contributed by atoms with Crippen LogP contribution in [0.4, 0.5) is 0 Å². The molecule has 0 spiro atoms. The first-order chi connectivity index (χ1) is 10.0. The molecule has 0 saturated carbocycles. The van der Waals surface area contributed by atoms with E-state index in [0.29, 0.717) is 17.9 Å². The van der Waals surface area contributed by atoms with Gasteiger partial charge in [0.1, 0.15) is 0 Å². The third kappa shape index (κ3) is 4.41. The second kappa shape index (κ2) is 6.87. The molecule has 0 aliphatic carbocycles. The fraction of sp³-hybridized carbons (Fsp3) is 0.294. The first-order valence-corrected chi connectivity index (χ1v) is 8.64. The normalized spacial score (nSPS) is 11.5. The van der Waals surface area contributed by atoms with E-state index in [0.717, 1.165) is 17.5 Å². The molecule has 0 fully saturated rings. The second-order valence-electron chi connectivity index (χ2n) is 5.13. The summed E-state index contributed by atoms with van der Waals surface area (Å²) >= 11 is 0. The topological polar surface area (TPSA) is 46.2 Å². The molecular formula is C17H21NO2S. The summed E-state index contributed by atoms with van der Waals surface area (Å²) in [4.78, 5) is 0.314. The smallest absolute Gasteiger partial charge is 0.211 e. The Kier molecular flexibility index (Phi) is 5.15. The Morgan fingerprint density at radius 3 is 2.05 bits per heavy atom. The number of nitrogens with one attached hydrogen (secondary N) is 1. The van der Waals surface area contributed by atoms with Gasteiger partial charge in [-0.05, 0) is 43.0 Å². The van der Waals surface area contributed by atoms with Gasteiger partial charge in [-0.2, -0.15) is 0 Å². The molecular weight excluding hydrogens is 282 g/mol. The van der Waals surface area contributed by atoms with Crippen LogP contribution in [-0.2, 0) is 22.9 Å². The van der Waals surface area contributed by atoms with Gasteiger partial charge in [-0.15, -0.1) is 0 Å². The van der Waals surface area contributed by atoms with Crippen molar-refractivity contribution in [3.05, 3.63) is 65.2 Å². The summed E-state index contributed by atoms with van der Waals surface area (Å²) in [7, 11) is -3.41. The quantitative estimate of drug-likeness (QED) is 0.891. The average Bonchev–Trinajstić information content (AvgIpc) is 2.48. The molecule has 0 unspecified atom stereocenters. The van der Waals surface area contributed by atoms with Crippen LogP contribution >= 0.6 is 0 Å². The molecule has 4 heteroatoms. The SMILES string of the molecule is CCc1ccc(CCNS(=O)(=O)c2ccc(C)cc2)cc1. The minimum Gasteiger partial charge on any atom is -0.211 e. The number of rotatable bonds is 6. The predicted molar refractivity (Wildman–Crippen MR) is 85.9 cm³/mol. The monoisotopic (exact) mass is 303 g/mol. The van der Waals surface area contributed by atoms with Crippen LogP contribution in [0, 0.1) is 6.92 Å². The molecule has 0 saturated heterocycles. The highest BCUT2D eigenvalue weighted by atomic mass is 32.2. The standard InChI is InChI=1S/C17H21NO2S/c1-3-15-6-8-16(9-7-15)12-13-18-21(19,20)17-10-4-14(2)5-11-17/h4-11,18H,3,12-13H2,1-2H3. The van der Waals surface area contributed by atoms with Gasteiger partial charge in [0.25, 0.3) is 0 Å². The molecule has 2 rings (SSSR count). The van der Waals surface area contributed by atoms with Crippen LogP contribution in [0.3, 0.4) is 0 Å². The first-order valence-electron chi connectivity index (χ1n) is 7.15. The van der Waals surface area contributed by atoms with E-state index in [9.17, 15) is 8.42 Å². The molecule has 21 heavy (non-hydrogen) atoms. The molecule has 0 heterocycles. The summed E-state index contributed by atoms with van der Waals surface area (Å²) in [6, 6.07) is 15.2. The molecule has 0 radical (unpaired) electrons. The number of hydrogen-bond acceptors (Lipinski definition) is 2. The summed E-state index contributed by atoms with van der Waals surface area (Å²) < 4.78 is 26.9.